The highest BCUT2D eigenvalue weighted by Gasteiger charge is 2.13. The minimum atomic E-state index is 0.400. The van der Waals surface area contributed by atoms with E-state index in [2.05, 4.69) is 77.7 Å². The molecule has 1 heterocycles. The van der Waals surface area contributed by atoms with Gasteiger partial charge in [0.15, 0.2) is 0 Å². The molecule has 1 aromatic carbocycles. The number of hydrogen-bond acceptors (Lipinski definition) is 2. The van der Waals surface area contributed by atoms with E-state index in [1.807, 2.05) is 0 Å². The second-order valence-electron chi connectivity index (χ2n) is 5.79. The van der Waals surface area contributed by atoms with Crippen LogP contribution < -0.4 is 5.32 Å². The number of halogens is 1. The summed E-state index contributed by atoms with van der Waals surface area (Å²) in [5.41, 5.74) is 4.19. The van der Waals surface area contributed by atoms with Crippen molar-refractivity contribution in [3.05, 3.63) is 56.2 Å². The van der Waals surface area contributed by atoms with Gasteiger partial charge in [0.1, 0.15) is 0 Å². The van der Waals surface area contributed by atoms with E-state index in [0.29, 0.717) is 12.0 Å². The number of hydrogen-bond donors (Lipinski definition) is 1. The molecule has 0 aliphatic rings. The van der Waals surface area contributed by atoms with E-state index in [-0.39, 0.29) is 0 Å². The van der Waals surface area contributed by atoms with Gasteiger partial charge >= 0.3 is 0 Å². The Kier molecular flexibility index (Phi) is 6.46. The van der Waals surface area contributed by atoms with E-state index >= 15 is 0 Å². The summed E-state index contributed by atoms with van der Waals surface area (Å²) >= 11 is 5.33. The van der Waals surface area contributed by atoms with E-state index in [9.17, 15) is 0 Å². The van der Waals surface area contributed by atoms with Crippen molar-refractivity contribution in [3.8, 4) is 0 Å². The Morgan fingerprint density at radius 2 is 1.86 bits per heavy atom. The Bertz CT molecular complexity index is 545. The predicted molar refractivity (Wildman–Crippen MR) is 97.3 cm³/mol. The van der Waals surface area contributed by atoms with Crippen LogP contribution in [0.2, 0.25) is 0 Å². The molecule has 0 radical (unpaired) electrons. The highest BCUT2D eigenvalue weighted by atomic mass is 79.9. The quantitative estimate of drug-likeness (QED) is 0.642. The van der Waals surface area contributed by atoms with Gasteiger partial charge in [-0.1, -0.05) is 45.0 Å². The lowest BCUT2D eigenvalue weighted by Crippen LogP contribution is -2.23. The SMILES string of the molecule is CCCNC(Cc1ccc(C(C)C)cc1)c1csc(Br)c1. The summed E-state index contributed by atoms with van der Waals surface area (Å²) in [7, 11) is 0. The van der Waals surface area contributed by atoms with Crippen molar-refractivity contribution >= 4 is 27.3 Å². The fraction of sp³-hybridized carbons (Fsp3) is 0.444. The van der Waals surface area contributed by atoms with Crippen molar-refractivity contribution in [2.24, 2.45) is 0 Å². The summed E-state index contributed by atoms with van der Waals surface area (Å²) in [6.45, 7) is 7.75. The van der Waals surface area contributed by atoms with Crippen LogP contribution in [0.25, 0.3) is 0 Å². The maximum Gasteiger partial charge on any atom is 0.0701 e. The minimum absolute atomic E-state index is 0.400. The van der Waals surface area contributed by atoms with Gasteiger partial charge in [-0.3, -0.25) is 0 Å². The van der Waals surface area contributed by atoms with Crippen LogP contribution in [0.3, 0.4) is 0 Å². The molecule has 114 valence electrons. The molecule has 0 saturated carbocycles. The summed E-state index contributed by atoms with van der Waals surface area (Å²) in [4.78, 5) is 0. The summed E-state index contributed by atoms with van der Waals surface area (Å²) in [5, 5.41) is 5.92. The molecule has 1 nitrogen and oxygen atoms in total. The normalized spacial score (nSPS) is 12.8. The predicted octanol–water partition coefficient (Wildman–Crippen LogP) is 5.92. The number of thiophene rings is 1. The number of rotatable bonds is 7. The Hall–Kier alpha value is -0.640. The molecule has 0 aliphatic carbocycles. The fourth-order valence-corrected chi connectivity index (χ4v) is 3.64. The van der Waals surface area contributed by atoms with Gasteiger partial charge in [0, 0.05) is 6.04 Å². The van der Waals surface area contributed by atoms with Crippen LogP contribution in [0.1, 0.15) is 55.8 Å². The maximum absolute atomic E-state index is 3.67. The Morgan fingerprint density at radius 1 is 1.14 bits per heavy atom. The summed E-state index contributed by atoms with van der Waals surface area (Å²) in [6.07, 6.45) is 2.20. The molecule has 0 spiro atoms. The van der Waals surface area contributed by atoms with Gasteiger partial charge in [-0.25, -0.2) is 0 Å². The molecule has 21 heavy (non-hydrogen) atoms. The first-order valence-electron chi connectivity index (χ1n) is 7.66. The summed E-state index contributed by atoms with van der Waals surface area (Å²) in [6, 6.07) is 11.7. The van der Waals surface area contributed by atoms with Gasteiger partial charge in [-0.2, -0.15) is 0 Å². The molecule has 0 saturated heterocycles. The van der Waals surface area contributed by atoms with Gasteiger partial charge in [-0.15, -0.1) is 11.3 Å². The molecular weight excluding hydrogens is 342 g/mol. The average molecular weight is 366 g/mol. The molecule has 0 fully saturated rings. The van der Waals surface area contributed by atoms with Crippen LogP contribution in [0, 0.1) is 0 Å². The van der Waals surface area contributed by atoms with E-state index in [1.165, 1.54) is 20.5 Å². The van der Waals surface area contributed by atoms with Gasteiger partial charge in [0.05, 0.1) is 3.79 Å². The molecule has 1 aromatic heterocycles. The van der Waals surface area contributed by atoms with Crippen molar-refractivity contribution in [2.45, 2.75) is 45.6 Å². The van der Waals surface area contributed by atoms with E-state index in [1.54, 1.807) is 11.3 Å². The van der Waals surface area contributed by atoms with Crippen molar-refractivity contribution in [1.29, 1.82) is 0 Å². The molecular formula is C18H24BrNS. The third-order valence-electron chi connectivity index (χ3n) is 3.72. The zero-order valence-corrected chi connectivity index (χ0v) is 15.4. The smallest absolute Gasteiger partial charge is 0.0701 e. The highest BCUT2D eigenvalue weighted by Crippen LogP contribution is 2.28. The minimum Gasteiger partial charge on any atom is -0.310 e. The maximum atomic E-state index is 3.67. The molecule has 3 heteroatoms. The molecule has 2 aromatic rings. The largest absolute Gasteiger partial charge is 0.310 e. The Balaban J connectivity index is 2.10. The van der Waals surface area contributed by atoms with E-state index < -0.39 is 0 Å². The standard InChI is InChI=1S/C18H24BrNS/c1-4-9-20-17(16-11-18(19)21-12-16)10-14-5-7-15(8-6-14)13(2)3/h5-8,11-13,17,20H,4,9-10H2,1-3H3. The zero-order valence-electron chi connectivity index (χ0n) is 13.0. The second kappa shape index (κ2) is 8.11. The van der Waals surface area contributed by atoms with Crippen LogP contribution in [0.4, 0.5) is 0 Å². The van der Waals surface area contributed by atoms with Gasteiger partial charge in [0.2, 0.25) is 0 Å². The number of benzene rings is 1. The fourth-order valence-electron chi connectivity index (χ4n) is 2.41. The first kappa shape index (κ1) is 16.7. The molecule has 0 aliphatic heterocycles. The van der Waals surface area contributed by atoms with Crippen molar-refractivity contribution < 1.29 is 0 Å². The summed E-state index contributed by atoms with van der Waals surface area (Å²) < 4.78 is 1.20. The Morgan fingerprint density at radius 3 is 2.38 bits per heavy atom. The highest BCUT2D eigenvalue weighted by molar-refractivity contribution is 9.11. The topological polar surface area (TPSA) is 12.0 Å². The molecule has 1 N–H and O–H groups in total. The zero-order chi connectivity index (χ0) is 15.2. The molecule has 0 amide bonds. The van der Waals surface area contributed by atoms with Crippen molar-refractivity contribution in [3.63, 3.8) is 0 Å². The van der Waals surface area contributed by atoms with Crippen LogP contribution in [0.5, 0.6) is 0 Å². The van der Waals surface area contributed by atoms with Gasteiger partial charge < -0.3 is 5.32 Å². The molecule has 0 bridgehead atoms. The first-order chi connectivity index (χ1) is 10.1. The van der Waals surface area contributed by atoms with Crippen LogP contribution in [-0.4, -0.2) is 6.54 Å². The van der Waals surface area contributed by atoms with E-state index in [4.69, 9.17) is 0 Å². The van der Waals surface area contributed by atoms with Crippen LogP contribution in [-0.2, 0) is 6.42 Å². The van der Waals surface area contributed by atoms with Gasteiger partial charge in [0.25, 0.3) is 0 Å². The van der Waals surface area contributed by atoms with Crippen molar-refractivity contribution in [1.82, 2.24) is 5.32 Å². The third-order valence-corrected chi connectivity index (χ3v) is 5.24. The lowest BCUT2D eigenvalue weighted by Gasteiger charge is -2.18. The first-order valence-corrected chi connectivity index (χ1v) is 9.33. The molecule has 1 unspecified atom stereocenters. The summed E-state index contributed by atoms with van der Waals surface area (Å²) in [5.74, 6) is 0.598. The molecule has 2 rings (SSSR count). The third kappa shape index (κ3) is 4.94. The monoisotopic (exact) mass is 365 g/mol. The Labute approximate surface area is 140 Å². The van der Waals surface area contributed by atoms with Crippen LogP contribution in [0.15, 0.2) is 39.5 Å². The lowest BCUT2D eigenvalue weighted by molar-refractivity contribution is 0.530. The van der Waals surface area contributed by atoms with Gasteiger partial charge in [-0.05, 0) is 69.4 Å². The van der Waals surface area contributed by atoms with Crippen LogP contribution >= 0.6 is 27.3 Å². The second-order valence-corrected chi connectivity index (χ2v) is 8.08. The van der Waals surface area contributed by atoms with Crippen molar-refractivity contribution in [2.75, 3.05) is 6.54 Å². The lowest BCUT2D eigenvalue weighted by atomic mass is 9.97. The number of nitrogens with one attached hydrogen (secondary N) is 1. The average Bonchev–Trinajstić information content (AvgIpc) is 2.90. The van der Waals surface area contributed by atoms with E-state index in [0.717, 1.165) is 19.4 Å². The molecule has 1 atom stereocenters.